The predicted molar refractivity (Wildman–Crippen MR) is 58.8 cm³/mol. The lowest BCUT2D eigenvalue weighted by molar-refractivity contribution is -0.144. The third-order valence-corrected chi connectivity index (χ3v) is 2.18. The van der Waals surface area contributed by atoms with Crippen molar-refractivity contribution >= 4 is 35.4 Å². The second-order valence-electron chi connectivity index (χ2n) is 2.21. The number of amides is 1. The molecule has 1 amide bonds. The van der Waals surface area contributed by atoms with Crippen molar-refractivity contribution in [2.75, 3.05) is 19.4 Å². The van der Waals surface area contributed by atoms with E-state index in [0.29, 0.717) is 6.61 Å². The van der Waals surface area contributed by atoms with Gasteiger partial charge in [0.2, 0.25) is 0 Å². The molecule has 7 heteroatoms. The van der Waals surface area contributed by atoms with Crippen molar-refractivity contribution in [3.8, 4) is 0 Å². The van der Waals surface area contributed by atoms with E-state index in [0.717, 1.165) is 11.8 Å². The van der Waals surface area contributed by atoms with E-state index in [9.17, 15) is 9.59 Å². The molecular weight excluding hydrogens is 228 g/mol. The lowest BCUT2D eigenvalue weighted by Gasteiger charge is -2.08. The number of halogens is 1. The third-order valence-electron chi connectivity index (χ3n) is 1.19. The van der Waals surface area contributed by atoms with Crippen LogP contribution in [0.15, 0.2) is 0 Å². The molecule has 0 saturated heterocycles. The van der Waals surface area contributed by atoms with Gasteiger partial charge in [-0.15, -0.1) is 12.4 Å². The molecule has 3 N–H and O–H groups in total. The number of thioether (sulfide) groups is 1. The van der Waals surface area contributed by atoms with Crippen LogP contribution in [0.4, 0.5) is 4.79 Å². The lowest BCUT2D eigenvalue weighted by atomic mass is 10.4. The first-order valence-corrected chi connectivity index (χ1v) is 4.87. The van der Waals surface area contributed by atoms with Crippen LogP contribution < -0.4 is 11.1 Å². The van der Waals surface area contributed by atoms with E-state index in [1.807, 2.05) is 0 Å². The van der Waals surface area contributed by atoms with E-state index in [-0.39, 0.29) is 23.4 Å². The first-order valence-electron chi connectivity index (χ1n) is 3.88. The average molecular weight is 243 g/mol. The Labute approximate surface area is 93.5 Å². The van der Waals surface area contributed by atoms with Gasteiger partial charge in [-0.05, 0) is 6.92 Å². The van der Waals surface area contributed by atoms with Gasteiger partial charge in [0.05, 0.1) is 6.61 Å². The molecule has 0 aliphatic heterocycles. The molecule has 0 aromatic heterocycles. The van der Waals surface area contributed by atoms with Gasteiger partial charge >= 0.3 is 5.97 Å². The van der Waals surface area contributed by atoms with Crippen molar-refractivity contribution in [1.29, 1.82) is 0 Å². The van der Waals surface area contributed by atoms with Gasteiger partial charge in [0.25, 0.3) is 5.24 Å². The number of rotatable bonds is 4. The molecule has 84 valence electrons. The molecule has 0 aliphatic carbocycles. The summed E-state index contributed by atoms with van der Waals surface area (Å²) in [5.41, 5.74) is 5.43. The van der Waals surface area contributed by atoms with Gasteiger partial charge in [-0.3, -0.25) is 9.59 Å². The first-order chi connectivity index (χ1) is 6.11. The molecular formula is C7H15ClN2O3S. The largest absolute Gasteiger partial charge is 0.465 e. The molecule has 0 radical (unpaired) electrons. The maximum Gasteiger partial charge on any atom is 0.323 e. The number of nitrogens with two attached hydrogens (primary N) is 1. The SMILES string of the molecule is CCOC(=O)[C@@H](N)CSC(=O)NC.Cl. The van der Waals surface area contributed by atoms with E-state index in [1.165, 1.54) is 7.05 Å². The molecule has 0 unspecified atom stereocenters. The zero-order valence-electron chi connectivity index (χ0n) is 8.11. The van der Waals surface area contributed by atoms with Gasteiger partial charge < -0.3 is 15.8 Å². The quantitative estimate of drug-likeness (QED) is 0.697. The van der Waals surface area contributed by atoms with Gasteiger partial charge in [-0.25, -0.2) is 0 Å². The van der Waals surface area contributed by atoms with E-state index < -0.39 is 12.0 Å². The minimum absolute atomic E-state index is 0. The molecule has 0 bridgehead atoms. The molecule has 0 saturated carbocycles. The Morgan fingerprint density at radius 3 is 2.57 bits per heavy atom. The number of ether oxygens (including phenoxy) is 1. The van der Waals surface area contributed by atoms with Crippen LogP contribution in [-0.2, 0) is 9.53 Å². The number of esters is 1. The molecule has 0 aromatic rings. The summed E-state index contributed by atoms with van der Waals surface area (Å²) in [5, 5.41) is 2.20. The van der Waals surface area contributed by atoms with Crippen LogP contribution in [0.2, 0.25) is 0 Å². The highest BCUT2D eigenvalue weighted by Crippen LogP contribution is 2.03. The zero-order valence-corrected chi connectivity index (χ0v) is 9.74. The maximum absolute atomic E-state index is 11.0. The molecule has 1 atom stereocenters. The highest BCUT2D eigenvalue weighted by atomic mass is 35.5. The minimum atomic E-state index is -0.734. The smallest absolute Gasteiger partial charge is 0.323 e. The van der Waals surface area contributed by atoms with Crippen LogP contribution in [0.5, 0.6) is 0 Å². The van der Waals surface area contributed by atoms with Gasteiger partial charge in [-0.1, -0.05) is 11.8 Å². The normalized spacial score (nSPS) is 11.1. The number of hydrogen-bond acceptors (Lipinski definition) is 5. The summed E-state index contributed by atoms with van der Waals surface area (Å²) >= 11 is 0.963. The number of hydrogen-bond donors (Lipinski definition) is 2. The van der Waals surface area contributed by atoms with Crippen molar-refractivity contribution in [3.63, 3.8) is 0 Å². The Bertz CT molecular complexity index is 192. The maximum atomic E-state index is 11.0. The second kappa shape index (κ2) is 9.11. The lowest BCUT2D eigenvalue weighted by Crippen LogP contribution is -2.35. The van der Waals surface area contributed by atoms with Crippen molar-refractivity contribution in [2.45, 2.75) is 13.0 Å². The van der Waals surface area contributed by atoms with Crippen LogP contribution in [0.25, 0.3) is 0 Å². The Morgan fingerprint density at radius 2 is 2.14 bits per heavy atom. The molecule has 0 fully saturated rings. The van der Waals surface area contributed by atoms with Gasteiger partial charge in [0.1, 0.15) is 6.04 Å². The van der Waals surface area contributed by atoms with Crippen molar-refractivity contribution in [2.24, 2.45) is 5.73 Å². The third kappa shape index (κ3) is 6.99. The number of carbonyl (C=O) groups excluding carboxylic acids is 2. The summed E-state index contributed by atoms with van der Waals surface area (Å²) in [4.78, 5) is 21.7. The summed E-state index contributed by atoms with van der Waals surface area (Å²) in [6, 6.07) is -0.734. The summed E-state index contributed by atoms with van der Waals surface area (Å²) < 4.78 is 4.66. The van der Waals surface area contributed by atoms with Crippen molar-refractivity contribution in [1.82, 2.24) is 5.32 Å². The van der Waals surface area contributed by atoms with E-state index in [2.05, 4.69) is 10.1 Å². The van der Waals surface area contributed by atoms with Crippen LogP contribution >= 0.6 is 24.2 Å². The van der Waals surface area contributed by atoms with Crippen molar-refractivity contribution < 1.29 is 14.3 Å². The van der Waals surface area contributed by atoms with Crippen molar-refractivity contribution in [3.05, 3.63) is 0 Å². The van der Waals surface area contributed by atoms with E-state index >= 15 is 0 Å². The number of carbonyl (C=O) groups is 2. The Morgan fingerprint density at radius 1 is 1.57 bits per heavy atom. The van der Waals surface area contributed by atoms with E-state index in [4.69, 9.17) is 5.73 Å². The molecule has 0 heterocycles. The summed E-state index contributed by atoms with van der Waals surface area (Å²) in [5.74, 6) is -0.239. The second-order valence-corrected chi connectivity index (χ2v) is 3.20. The summed E-state index contributed by atoms with van der Waals surface area (Å²) in [7, 11) is 1.52. The Kier molecular flexibility index (Phi) is 10.4. The van der Waals surface area contributed by atoms with Crippen LogP contribution in [0.1, 0.15) is 6.92 Å². The highest BCUT2D eigenvalue weighted by molar-refractivity contribution is 8.13. The fourth-order valence-corrected chi connectivity index (χ4v) is 1.17. The number of nitrogens with one attached hydrogen (secondary N) is 1. The van der Waals surface area contributed by atoms with Gasteiger partial charge in [0.15, 0.2) is 0 Å². The van der Waals surface area contributed by atoms with Crippen LogP contribution in [-0.4, -0.2) is 36.7 Å². The zero-order chi connectivity index (χ0) is 10.3. The first kappa shape index (κ1) is 16.0. The van der Waals surface area contributed by atoms with Gasteiger partial charge in [-0.2, -0.15) is 0 Å². The predicted octanol–water partition coefficient (Wildman–Crippen LogP) is 0.371. The highest BCUT2D eigenvalue weighted by Gasteiger charge is 2.15. The molecule has 5 nitrogen and oxygen atoms in total. The van der Waals surface area contributed by atoms with E-state index in [1.54, 1.807) is 6.92 Å². The molecule has 0 aliphatic rings. The van der Waals surface area contributed by atoms with Crippen LogP contribution in [0, 0.1) is 0 Å². The standard InChI is InChI=1S/C7H14N2O3S.ClH/c1-3-12-6(10)5(8)4-13-7(11)9-2;/h5H,3-4,8H2,1-2H3,(H,9,11);1H/t5-;/m0./s1. The summed E-state index contributed by atoms with van der Waals surface area (Å²) in [6.07, 6.45) is 0. The monoisotopic (exact) mass is 242 g/mol. The topological polar surface area (TPSA) is 81.4 Å². The Hall–Kier alpha value is -0.460. The fraction of sp³-hybridized carbons (Fsp3) is 0.714. The molecule has 0 rings (SSSR count). The average Bonchev–Trinajstić information content (AvgIpc) is 2.13. The fourth-order valence-electron chi connectivity index (χ4n) is 0.555. The molecule has 0 aromatic carbocycles. The summed E-state index contributed by atoms with van der Waals surface area (Å²) in [6.45, 7) is 2.01. The van der Waals surface area contributed by atoms with Crippen LogP contribution in [0.3, 0.4) is 0 Å². The van der Waals surface area contributed by atoms with Gasteiger partial charge in [0, 0.05) is 12.8 Å². The Balaban J connectivity index is 0. The minimum Gasteiger partial charge on any atom is -0.465 e. The molecule has 0 spiro atoms. The molecule has 14 heavy (non-hydrogen) atoms.